The molecule has 0 aliphatic heterocycles. The molecule has 0 radical (unpaired) electrons. The van der Waals surface area contributed by atoms with E-state index in [1.165, 1.54) is 27.9 Å². The molecular weight excluding hydrogens is 306 g/mol. The predicted molar refractivity (Wildman–Crippen MR) is 105 cm³/mol. The molecule has 3 aromatic carbocycles. The van der Waals surface area contributed by atoms with Gasteiger partial charge < -0.3 is 10.1 Å². The average molecular weight is 331 g/mol. The van der Waals surface area contributed by atoms with Gasteiger partial charge >= 0.3 is 0 Å². The van der Waals surface area contributed by atoms with Crippen LogP contribution in [0, 0.1) is 13.8 Å². The van der Waals surface area contributed by atoms with Crippen LogP contribution in [0.2, 0.25) is 0 Å². The first-order valence-corrected chi connectivity index (χ1v) is 8.78. The molecule has 2 nitrogen and oxygen atoms in total. The molecule has 3 rings (SSSR count). The Labute approximate surface area is 150 Å². The van der Waals surface area contributed by atoms with Crippen molar-refractivity contribution in [3.05, 3.63) is 95.1 Å². The van der Waals surface area contributed by atoms with Crippen molar-refractivity contribution in [2.45, 2.75) is 26.8 Å². The molecule has 0 spiro atoms. The van der Waals surface area contributed by atoms with Crippen LogP contribution in [0.3, 0.4) is 0 Å². The van der Waals surface area contributed by atoms with Crippen molar-refractivity contribution in [3.8, 4) is 5.75 Å². The van der Waals surface area contributed by atoms with Crippen LogP contribution in [-0.4, -0.2) is 6.61 Å². The Morgan fingerprint density at radius 1 is 0.840 bits per heavy atom. The van der Waals surface area contributed by atoms with E-state index in [0.29, 0.717) is 6.61 Å². The lowest BCUT2D eigenvalue weighted by Crippen LogP contribution is -2.06. The fourth-order valence-corrected chi connectivity index (χ4v) is 2.83. The fraction of sp³-hybridized carbons (Fsp3) is 0.217. The molecule has 0 heterocycles. The number of rotatable bonds is 7. The summed E-state index contributed by atoms with van der Waals surface area (Å²) in [6.45, 7) is 5.69. The van der Waals surface area contributed by atoms with Gasteiger partial charge in [0, 0.05) is 24.2 Å². The van der Waals surface area contributed by atoms with E-state index in [1.54, 1.807) is 0 Å². The molecule has 1 N–H and O–H groups in total. The average Bonchev–Trinajstić information content (AvgIpc) is 2.64. The number of ether oxygens (including phenoxy) is 1. The first kappa shape index (κ1) is 17.1. The van der Waals surface area contributed by atoms with E-state index in [9.17, 15) is 0 Å². The lowest BCUT2D eigenvalue weighted by atomic mass is 10.1. The molecule has 0 aromatic heterocycles. The maximum Gasteiger partial charge on any atom is 0.124 e. The zero-order chi connectivity index (χ0) is 17.5. The summed E-state index contributed by atoms with van der Waals surface area (Å²) < 4.78 is 6.04. The first-order valence-electron chi connectivity index (χ1n) is 8.78. The molecule has 0 saturated heterocycles. The zero-order valence-corrected chi connectivity index (χ0v) is 15.0. The summed E-state index contributed by atoms with van der Waals surface area (Å²) >= 11 is 0. The number of benzene rings is 3. The second kappa shape index (κ2) is 8.39. The Morgan fingerprint density at radius 2 is 1.60 bits per heavy atom. The van der Waals surface area contributed by atoms with Gasteiger partial charge in [-0.1, -0.05) is 60.7 Å². The summed E-state index contributed by atoms with van der Waals surface area (Å²) in [5.41, 5.74) is 6.18. The third-order valence-electron chi connectivity index (χ3n) is 4.33. The second-order valence-corrected chi connectivity index (χ2v) is 6.36. The summed E-state index contributed by atoms with van der Waals surface area (Å²) in [5.74, 6) is 0.955. The molecule has 0 unspecified atom stereocenters. The lowest BCUT2D eigenvalue weighted by Gasteiger charge is -2.14. The van der Waals surface area contributed by atoms with Gasteiger partial charge in [-0.05, 0) is 42.7 Å². The Bertz CT molecular complexity index is 811. The van der Waals surface area contributed by atoms with E-state index >= 15 is 0 Å². The van der Waals surface area contributed by atoms with Gasteiger partial charge in [0.05, 0.1) is 6.61 Å². The van der Waals surface area contributed by atoms with Gasteiger partial charge in [0.2, 0.25) is 0 Å². The number of anilines is 1. The summed E-state index contributed by atoms with van der Waals surface area (Å²) in [5, 5.41) is 3.54. The van der Waals surface area contributed by atoms with Crippen molar-refractivity contribution in [1.82, 2.24) is 0 Å². The topological polar surface area (TPSA) is 21.3 Å². The third-order valence-corrected chi connectivity index (χ3v) is 4.33. The molecule has 0 bridgehead atoms. The van der Waals surface area contributed by atoms with E-state index in [0.717, 1.165) is 18.7 Å². The summed E-state index contributed by atoms with van der Waals surface area (Å²) in [7, 11) is 0. The van der Waals surface area contributed by atoms with E-state index in [2.05, 4.69) is 73.8 Å². The van der Waals surface area contributed by atoms with Crippen molar-refractivity contribution in [3.63, 3.8) is 0 Å². The minimum absolute atomic E-state index is 0.685. The fourth-order valence-electron chi connectivity index (χ4n) is 2.83. The number of nitrogens with one attached hydrogen (secondary N) is 1. The van der Waals surface area contributed by atoms with Crippen LogP contribution in [0.1, 0.15) is 22.3 Å². The molecule has 0 saturated carbocycles. The summed E-state index contributed by atoms with van der Waals surface area (Å²) in [6, 6.07) is 25.2. The van der Waals surface area contributed by atoms with Crippen molar-refractivity contribution in [2.75, 3.05) is 11.9 Å². The van der Waals surface area contributed by atoms with Crippen LogP contribution < -0.4 is 10.1 Å². The maximum atomic E-state index is 6.04. The lowest BCUT2D eigenvalue weighted by molar-refractivity contribution is 0.319. The van der Waals surface area contributed by atoms with Gasteiger partial charge in [0.1, 0.15) is 5.75 Å². The zero-order valence-electron chi connectivity index (χ0n) is 15.0. The SMILES string of the molecule is Cc1ccc(C)c(NCc2ccccc2OCCc2ccccc2)c1. The van der Waals surface area contributed by atoms with Crippen molar-refractivity contribution in [2.24, 2.45) is 0 Å². The van der Waals surface area contributed by atoms with Crippen molar-refractivity contribution < 1.29 is 4.74 Å². The molecule has 25 heavy (non-hydrogen) atoms. The molecule has 2 heteroatoms. The Hall–Kier alpha value is -2.74. The minimum atomic E-state index is 0.685. The summed E-state index contributed by atoms with van der Waals surface area (Å²) in [4.78, 5) is 0. The molecule has 3 aromatic rings. The second-order valence-electron chi connectivity index (χ2n) is 6.36. The van der Waals surface area contributed by atoms with Crippen LogP contribution in [0.4, 0.5) is 5.69 Å². The van der Waals surface area contributed by atoms with Gasteiger partial charge in [-0.2, -0.15) is 0 Å². The Kier molecular flexibility index (Phi) is 5.73. The minimum Gasteiger partial charge on any atom is -0.493 e. The molecule has 0 aliphatic rings. The van der Waals surface area contributed by atoms with Crippen LogP contribution in [0.5, 0.6) is 5.75 Å². The molecule has 128 valence electrons. The smallest absolute Gasteiger partial charge is 0.124 e. The van der Waals surface area contributed by atoms with Gasteiger partial charge in [0.25, 0.3) is 0 Å². The highest BCUT2D eigenvalue weighted by atomic mass is 16.5. The van der Waals surface area contributed by atoms with E-state index < -0.39 is 0 Å². The number of hydrogen-bond acceptors (Lipinski definition) is 2. The number of para-hydroxylation sites is 1. The Morgan fingerprint density at radius 3 is 2.44 bits per heavy atom. The van der Waals surface area contributed by atoms with Crippen LogP contribution in [0.25, 0.3) is 0 Å². The Balaban J connectivity index is 1.61. The quantitative estimate of drug-likeness (QED) is 0.614. The van der Waals surface area contributed by atoms with E-state index in [1.807, 2.05) is 18.2 Å². The normalized spacial score (nSPS) is 10.5. The van der Waals surface area contributed by atoms with Gasteiger partial charge in [-0.15, -0.1) is 0 Å². The maximum absolute atomic E-state index is 6.04. The van der Waals surface area contributed by atoms with Crippen molar-refractivity contribution in [1.29, 1.82) is 0 Å². The van der Waals surface area contributed by atoms with Crippen molar-refractivity contribution >= 4 is 5.69 Å². The molecule has 0 aliphatic carbocycles. The highest BCUT2D eigenvalue weighted by Crippen LogP contribution is 2.22. The van der Waals surface area contributed by atoms with Crippen LogP contribution in [0.15, 0.2) is 72.8 Å². The molecular formula is C23H25NO. The van der Waals surface area contributed by atoms with Crippen LogP contribution in [-0.2, 0) is 13.0 Å². The van der Waals surface area contributed by atoms with Crippen LogP contribution >= 0.6 is 0 Å². The first-order chi connectivity index (χ1) is 12.2. The highest BCUT2D eigenvalue weighted by Gasteiger charge is 2.05. The highest BCUT2D eigenvalue weighted by molar-refractivity contribution is 5.53. The molecule has 0 amide bonds. The van der Waals surface area contributed by atoms with Gasteiger partial charge in [-0.25, -0.2) is 0 Å². The van der Waals surface area contributed by atoms with E-state index in [4.69, 9.17) is 4.74 Å². The predicted octanol–water partition coefficient (Wildman–Crippen LogP) is 5.54. The standard InChI is InChI=1S/C23H25NO/c1-18-12-13-19(2)22(16-18)24-17-21-10-6-7-11-23(21)25-15-14-20-8-4-3-5-9-20/h3-13,16,24H,14-15,17H2,1-2H3. The monoisotopic (exact) mass is 331 g/mol. The summed E-state index contributed by atoms with van der Waals surface area (Å²) in [6.07, 6.45) is 0.916. The largest absolute Gasteiger partial charge is 0.493 e. The molecule has 0 fully saturated rings. The van der Waals surface area contributed by atoms with Gasteiger partial charge in [-0.3, -0.25) is 0 Å². The van der Waals surface area contributed by atoms with E-state index in [-0.39, 0.29) is 0 Å². The molecule has 0 atom stereocenters. The number of hydrogen-bond donors (Lipinski definition) is 1. The number of aryl methyl sites for hydroxylation is 2. The van der Waals surface area contributed by atoms with Gasteiger partial charge in [0.15, 0.2) is 0 Å². The third kappa shape index (κ3) is 4.87.